The summed E-state index contributed by atoms with van der Waals surface area (Å²) in [7, 11) is 0. The molecule has 1 unspecified atom stereocenters. The van der Waals surface area contributed by atoms with Crippen LogP contribution in [0.4, 0.5) is 11.4 Å². The average molecular weight is 397 g/mol. The van der Waals surface area contributed by atoms with Crippen LogP contribution in [-0.2, 0) is 9.53 Å². The quantitative estimate of drug-likeness (QED) is 0.822. The van der Waals surface area contributed by atoms with Crippen molar-refractivity contribution in [2.45, 2.75) is 6.92 Å². The normalized spacial score (nSPS) is 18.7. The minimum atomic E-state index is -0.00206. The van der Waals surface area contributed by atoms with E-state index in [0.717, 1.165) is 37.6 Å². The van der Waals surface area contributed by atoms with Gasteiger partial charge in [0.25, 0.3) is 0 Å². The van der Waals surface area contributed by atoms with Crippen LogP contribution >= 0.6 is 36.4 Å². The highest BCUT2D eigenvalue weighted by Gasteiger charge is 2.29. The van der Waals surface area contributed by atoms with E-state index in [2.05, 4.69) is 15.5 Å². The fourth-order valence-corrected chi connectivity index (χ4v) is 3.14. The molecule has 2 fully saturated rings. The van der Waals surface area contributed by atoms with Crippen LogP contribution in [0.1, 0.15) is 6.92 Å². The summed E-state index contributed by atoms with van der Waals surface area (Å²) in [5.74, 6) is 0.479. The van der Waals surface area contributed by atoms with E-state index in [0.29, 0.717) is 24.2 Å². The van der Waals surface area contributed by atoms with Crippen LogP contribution in [0.25, 0.3) is 0 Å². The van der Waals surface area contributed by atoms with Gasteiger partial charge < -0.3 is 20.3 Å². The van der Waals surface area contributed by atoms with E-state index in [9.17, 15) is 4.79 Å². The second-order valence-electron chi connectivity index (χ2n) is 5.93. The summed E-state index contributed by atoms with van der Waals surface area (Å²) in [6, 6.07) is 5.65. The number of nitrogens with one attached hydrogen (secondary N) is 2. The molecule has 2 saturated heterocycles. The highest BCUT2D eigenvalue weighted by atomic mass is 35.5. The van der Waals surface area contributed by atoms with Gasteiger partial charge in [-0.05, 0) is 31.1 Å². The van der Waals surface area contributed by atoms with Crippen molar-refractivity contribution in [2.24, 2.45) is 11.8 Å². The van der Waals surface area contributed by atoms with Gasteiger partial charge in [0, 0.05) is 19.0 Å². The summed E-state index contributed by atoms with van der Waals surface area (Å²) in [5.41, 5.74) is 1.69. The molecule has 2 aliphatic heterocycles. The van der Waals surface area contributed by atoms with Gasteiger partial charge in [-0.25, -0.2) is 0 Å². The minimum Gasteiger partial charge on any atom is -0.378 e. The third-order valence-corrected chi connectivity index (χ3v) is 4.81. The van der Waals surface area contributed by atoms with Gasteiger partial charge in [0.1, 0.15) is 0 Å². The molecular formula is C16H24Cl3N3O2. The van der Waals surface area contributed by atoms with Crippen molar-refractivity contribution in [3.63, 3.8) is 0 Å². The Morgan fingerprint density at radius 1 is 1.33 bits per heavy atom. The lowest BCUT2D eigenvalue weighted by Gasteiger charge is -2.33. The third kappa shape index (κ3) is 4.67. The summed E-state index contributed by atoms with van der Waals surface area (Å²) in [4.78, 5) is 14.6. The highest BCUT2D eigenvalue weighted by Crippen LogP contribution is 2.35. The summed E-state index contributed by atoms with van der Waals surface area (Å²) in [6.45, 7) is 6.76. The van der Waals surface area contributed by atoms with Crippen molar-refractivity contribution in [3.05, 3.63) is 23.2 Å². The van der Waals surface area contributed by atoms with Crippen molar-refractivity contribution in [1.82, 2.24) is 5.32 Å². The lowest BCUT2D eigenvalue weighted by molar-refractivity contribution is -0.121. The first kappa shape index (κ1) is 21.3. The Labute approximate surface area is 160 Å². The maximum Gasteiger partial charge on any atom is 0.227 e. The number of amides is 1. The fraction of sp³-hybridized carbons (Fsp3) is 0.562. The zero-order valence-corrected chi connectivity index (χ0v) is 16.0. The maximum absolute atomic E-state index is 12.5. The van der Waals surface area contributed by atoms with E-state index in [-0.39, 0.29) is 36.6 Å². The van der Waals surface area contributed by atoms with Gasteiger partial charge in [-0.15, -0.1) is 24.8 Å². The molecule has 8 heteroatoms. The van der Waals surface area contributed by atoms with Gasteiger partial charge >= 0.3 is 0 Å². The third-order valence-electron chi connectivity index (χ3n) is 4.51. The van der Waals surface area contributed by atoms with Gasteiger partial charge in [-0.1, -0.05) is 24.6 Å². The summed E-state index contributed by atoms with van der Waals surface area (Å²) < 4.78 is 5.39. The molecule has 24 heavy (non-hydrogen) atoms. The number of para-hydroxylation sites is 1. The fourth-order valence-electron chi connectivity index (χ4n) is 2.85. The molecule has 2 N–H and O–H groups in total. The lowest BCUT2D eigenvalue weighted by atomic mass is 9.88. The molecule has 1 aromatic rings. The van der Waals surface area contributed by atoms with Gasteiger partial charge in [0.15, 0.2) is 0 Å². The predicted molar refractivity (Wildman–Crippen MR) is 103 cm³/mol. The van der Waals surface area contributed by atoms with E-state index < -0.39 is 0 Å². The molecular weight excluding hydrogens is 373 g/mol. The van der Waals surface area contributed by atoms with E-state index >= 15 is 0 Å². The number of morpholine rings is 1. The van der Waals surface area contributed by atoms with Crippen molar-refractivity contribution >= 4 is 53.7 Å². The molecule has 5 nitrogen and oxygen atoms in total. The first-order valence-corrected chi connectivity index (χ1v) is 8.17. The smallest absolute Gasteiger partial charge is 0.227 e. The zero-order valence-electron chi connectivity index (χ0n) is 13.6. The Bertz CT molecular complexity index is 549. The number of anilines is 2. The first-order chi connectivity index (χ1) is 10.7. The van der Waals surface area contributed by atoms with Gasteiger partial charge in [-0.3, -0.25) is 4.79 Å². The van der Waals surface area contributed by atoms with Crippen molar-refractivity contribution in [3.8, 4) is 0 Å². The van der Waals surface area contributed by atoms with Crippen molar-refractivity contribution < 1.29 is 9.53 Å². The molecule has 1 aromatic carbocycles. The Morgan fingerprint density at radius 2 is 2.00 bits per heavy atom. The number of benzene rings is 1. The zero-order chi connectivity index (χ0) is 15.5. The number of halogens is 3. The molecule has 1 amide bonds. The number of hydrogen-bond acceptors (Lipinski definition) is 4. The Morgan fingerprint density at radius 3 is 2.58 bits per heavy atom. The standard InChI is InChI=1S/C16H22ClN3O2.2ClH/c1-11(12-9-18-10-12)16(21)19-14-4-2-3-13(17)15(14)20-5-7-22-8-6-20;;/h2-4,11-12,18H,5-10H2,1H3,(H,19,21);2*1H. The molecule has 0 aromatic heterocycles. The van der Waals surface area contributed by atoms with E-state index in [1.165, 1.54) is 0 Å². The Hall–Kier alpha value is -0.720. The van der Waals surface area contributed by atoms with Crippen LogP contribution in [0, 0.1) is 11.8 Å². The molecule has 2 heterocycles. The van der Waals surface area contributed by atoms with Gasteiger partial charge in [-0.2, -0.15) is 0 Å². The van der Waals surface area contributed by atoms with Crippen LogP contribution in [0.2, 0.25) is 5.02 Å². The van der Waals surface area contributed by atoms with E-state index in [1.54, 1.807) is 0 Å². The molecule has 0 aliphatic carbocycles. The van der Waals surface area contributed by atoms with Gasteiger partial charge in [0.05, 0.1) is 29.6 Å². The molecule has 0 spiro atoms. The number of hydrogen-bond donors (Lipinski definition) is 2. The Balaban J connectivity index is 0.00000144. The predicted octanol–water partition coefficient (Wildman–Crippen LogP) is 2.81. The van der Waals surface area contributed by atoms with E-state index in [4.69, 9.17) is 16.3 Å². The number of nitrogens with zero attached hydrogens (tertiary/aromatic N) is 1. The summed E-state index contributed by atoms with van der Waals surface area (Å²) in [5, 5.41) is 6.94. The monoisotopic (exact) mass is 395 g/mol. The van der Waals surface area contributed by atoms with Crippen LogP contribution in [0.5, 0.6) is 0 Å². The molecule has 136 valence electrons. The summed E-state index contributed by atoms with van der Waals surface area (Å²) in [6.07, 6.45) is 0. The maximum atomic E-state index is 12.5. The highest BCUT2D eigenvalue weighted by molar-refractivity contribution is 6.34. The van der Waals surface area contributed by atoms with E-state index in [1.807, 2.05) is 25.1 Å². The number of ether oxygens (including phenoxy) is 1. The summed E-state index contributed by atoms with van der Waals surface area (Å²) >= 11 is 6.38. The number of carbonyl (C=O) groups excluding carboxylic acids is 1. The van der Waals surface area contributed by atoms with Crippen LogP contribution in [0.15, 0.2) is 18.2 Å². The topological polar surface area (TPSA) is 53.6 Å². The first-order valence-electron chi connectivity index (χ1n) is 7.79. The minimum absolute atomic E-state index is 0. The van der Waals surface area contributed by atoms with Crippen molar-refractivity contribution in [1.29, 1.82) is 0 Å². The average Bonchev–Trinajstić information content (AvgIpc) is 2.46. The van der Waals surface area contributed by atoms with Crippen LogP contribution in [-0.4, -0.2) is 45.3 Å². The van der Waals surface area contributed by atoms with Gasteiger partial charge in [0.2, 0.25) is 5.91 Å². The number of rotatable bonds is 4. The number of carbonyl (C=O) groups is 1. The SMILES string of the molecule is CC(C(=O)Nc1cccc(Cl)c1N1CCOCC1)C1CNC1.Cl.Cl. The molecule has 0 bridgehead atoms. The molecule has 1 atom stereocenters. The second kappa shape index (κ2) is 9.68. The molecule has 2 aliphatic rings. The Kier molecular flexibility index (Phi) is 8.60. The molecule has 3 rings (SSSR count). The van der Waals surface area contributed by atoms with Crippen LogP contribution < -0.4 is 15.5 Å². The second-order valence-corrected chi connectivity index (χ2v) is 6.34. The molecule has 0 saturated carbocycles. The molecule has 0 radical (unpaired) electrons. The van der Waals surface area contributed by atoms with Crippen molar-refractivity contribution in [2.75, 3.05) is 49.6 Å². The van der Waals surface area contributed by atoms with Crippen LogP contribution in [0.3, 0.4) is 0 Å². The lowest BCUT2D eigenvalue weighted by Crippen LogP contribution is -2.48. The largest absolute Gasteiger partial charge is 0.378 e.